The molecule has 1 aliphatic carbocycles. The van der Waals surface area contributed by atoms with Crippen LogP contribution in [0.2, 0.25) is 0 Å². The lowest BCUT2D eigenvalue weighted by Gasteiger charge is -2.26. The standard InChI is InChI=1S/C10H18N4/c1-7-3-5-9(6-4-7)14-8(2)10(11)12-13-14/h7,9H,3-6,11H2,1-2H3. The van der Waals surface area contributed by atoms with E-state index in [0.29, 0.717) is 11.9 Å². The van der Waals surface area contributed by atoms with Crippen molar-refractivity contribution in [2.45, 2.75) is 45.6 Å². The number of aromatic nitrogens is 3. The summed E-state index contributed by atoms with van der Waals surface area (Å²) in [6, 6.07) is 0.524. The number of rotatable bonds is 1. The minimum absolute atomic E-state index is 0.524. The van der Waals surface area contributed by atoms with Gasteiger partial charge in [0.05, 0.1) is 11.7 Å². The minimum atomic E-state index is 0.524. The van der Waals surface area contributed by atoms with Crippen molar-refractivity contribution in [2.24, 2.45) is 5.92 Å². The molecule has 14 heavy (non-hydrogen) atoms. The summed E-state index contributed by atoms with van der Waals surface area (Å²) in [7, 11) is 0. The van der Waals surface area contributed by atoms with Crippen LogP contribution < -0.4 is 5.73 Å². The zero-order chi connectivity index (χ0) is 10.1. The van der Waals surface area contributed by atoms with Crippen molar-refractivity contribution in [3.63, 3.8) is 0 Å². The summed E-state index contributed by atoms with van der Waals surface area (Å²) in [4.78, 5) is 0. The maximum atomic E-state index is 5.68. The van der Waals surface area contributed by atoms with Crippen molar-refractivity contribution in [2.75, 3.05) is 5.73 Å². The van der Waals surface area contributed by atoms with Gasteiger partial charge in [-0.05, 0) is 38.5 Å². The van der Waals surface area contributed by atoms with Crippen molar-refractivity contribution in [3.8, 4) is 0 Å². The average molecular weight is 194 g/mol. The maximum absolute atomic E-state index is 5.68. The van der Waals surface area contributed by atoms with Crippen LogP contribution in [0.5, 0.6) is 0 Å². The van der Waals surface area contributed by atoms with Crippen LogP contribution >= 0.6 is 0 Å². The number of nitrogen functional groups attached to an aromatic ring is 1. The molecule has 2 rings (SSSR count). The summed E-state index contributed by atoms with van der Waals surface area (Å²) in [5.41, 5.74) is 6.70. The van der Waals surface area contributed by atoms with Gasteiger partial charge in [-0.1, -0.05) is 12.1 Å². The van der Waals surface area contributed by atoms with Crippen molar-refractivity contribution in [1.29, 1.82) is 0 Å². The summed E-state index contributed by atoms with van der Waals surface area (Å²) < 4.78 is 2.00. The fraction of sp³-hybridized carbons (Fsp3) is 0.800. The number of anilines is 1. The highest BCUT2D eigenvalue weighted by atomic mass is 15.5. The first-order valence-electron chi connectivity index (χ1n) is 5.35. The molecule has 0 radical (unpaired) electrons. The largest absolute Gasteiger partial charge is 0.381 e. The first kappa shape index (κ1) is 9.49. The van der Waals surface area contributed by atoms with Gasteiger partial charge in [-0.25, -0.2) is 4.68 Å². The second-order valence-corrected chi connectivity index (χ2v) is 4.42. The van der Waals surface area contributed by atoms with E-state index in [1.165, 1.54) is 25.7 Å². The molecule has 1 heterocycles. The molecule has 0 spiro atoms. The summed E-state index contributed by atoms with van der Waals surface area (Å²) in [6.45, 7) is 4.31. The molecule has 0 saturated heterocycles. The Morgan fingerprint density at radius 2 is 1.93 bits per heavy atom. The lowest BCUT2D eigenvalue weighted by Crippen LogP contribution is -2.18. The molecule has 1 aliphatic rings. The quantitative estimate of drug-likeness (QED) is 0.743. The van der Waals surface area contributed by atoms with Crippen LogP contribution in [0.1, 0.15) is 44.3 Å². The van der Waals surface area contributed by atoms with E-state index in [9.17, 15) is 0 Å². The molecule has 0 unspecified atom stereocenters. The van der Waals surface area contributed by atoms with Gasteiger partial charge in [-0.15, -0.1) is 5.10 Å². The van der Waals surface area contributed by atoms with E-state index >= 15 is 0 Å². The molecule has 1 saturated carbocycles. The van der Waals surface area contributed by atoms with Crippen LogP contribution in [0.3, 0.4) is 0 Å². The zero-order valence-corrected chi connectivity index (χ0v) is 8.90. The SMILES string of the molecule is Cc1c(N)nnn1C1CCC(C)CC1. The molecule has 0 atom stereocenters. The van der Waals surface area contributed by atoms with Gasteiger partial charge >= 0.3 is 0 Å². The Balaban J connectivity index is 2.12. The predicted octanol–water partition coefficient (Wildman–Crippen LogP) is 1.92. The van der Waals surface area contributed by atoms with Gasteiger partial charge in [0.15, 0.2) is 5.82 Å². The van der Waals surface area contributed by atoms with Gasteiger partial charge in [0.25, 0.3) is 0 Å². The monoisotopic (exact) mass is 194 g/mol. The van der Waals surface area contributed by atoms with Gasteiger partial charge in [0.1, 0.15) is 0 Å². The molecule has 0 aliphatic heterocycles. The van der Waals surface area contributed by atoms with E-state index in [-0.39, 0.29) is 0 Å². The highest BCUT2D eigenvalue weighted by Crippen LogP contribution is 2.32. The third-order valence-electron chi connectivity index (χ3n) is 3.29. The van der Waals surface area contributed by atoms with Crippen LogP contribution in [0.15, 0.2) is 0 Å². The van der Waals surface area contributed by atoms with E-state index < -0.39 is 0 Å². The molecule has 1 aromatic heterocycles. The molecular weight excluding hydrogens is 176 g/mol. The Morgan fingerprint density at radius 1 is 1.29 bits per heavy atom. The van der Waals surface area contributed by atoms with E-state index in [1.807, 2.05) is 11.6 Å². The van der Waals surface area contributed by atoms with E-state index in [0.717, 1.165) is 11.6 Å². The normalized spacial score (nSPS) is 27.9. The number of hydrogen-bond acceptors (Lipinski definition) is 3. The van der Waals surface area contributed by atoms with Gasteiger partial charge in [-0.3, -0.25) is 0 Å². The molecule has 0 amide bonds. The smallest absolute Gasteiger partial charge is 0.168 e. The summed E-state index contributed by atoms with van der Waals surface area (Å²) in [5, 5.41) is 8.01. The van der Waals surface area contributed by atoms with Gasteiger partial charge in [0.2, 0.25) is 0 Å². The molecule has 78 valence electrons. The predicted molar refractivity (Wildman–Crippen MR) is 55.8 cm³/mol. The topological polar surface area (TPSA) is 56.7 Å². The lowest BCUT2D eigenvalue weighted by molar-refractivity contribution is 0.268. The van der Waals surface area contributed by atoms with Crippen molar-refractivity contribution in [1.82, 2.24) is 15.0 Å². The average Bonchev–Trinajstić information content (AvgIpc) is 2.50. The van der Waals surface area contributed by atoms with Crippen molar-refractivity contribution < 1.29 is 0 Å². The summed E-state index contributed by atoms with van der Waals surface area (Å²) >= 11 is 0. The third-order valence-corrected chi connectivity index (χ3v) is 3.29. The molecule has 1 aromatic rings. The zero-order valence-electron chi connectivity index (χ0n) is 8.90. The lowest BCUT2D eigenvalue weighted by atomic mass is 9.87. The van der Waals surface area contributed by atoms with Crippen LogP contribution in [0.4, 0.5) is 5.82 Å². The fourth-order valence-electron chi connectivity index (χ4n) is 2.19. The number of hydrogen-bond donors (Lipinski definition) is 1. The highest BCUT2D eigenvalue weighted by molar-refractivity contribution is 5.31. The summed E-state index contributed by atoms with van der Waals surface area (Å²) in [6.07, 6.45) is 5.02. The number of nitrogens with zero attached hydrogens (tertiary/aromatic N) is 3. The molecule has 0 bridgehead atoms. The molecule has 4 nitrogen and oxygen atoms in total. The molecule has 4 heteroatoms. The summed E-state index contributed by atoms with van der Waals surface area (Å²) in [5.74, 6) is 1.44. The molecule has 2 N–H and O–H groups in total. The minimum Gasteiger partial charge on any atom is -0.381 e. The Bertz CT molecular complexity index is 310. The van der Waals surface area contributed by atoms with Gasteiger partial charge in [0, 0.05) is 0 Å². The molecule has 1 fully saturated rings. The Labute approximate surface area is 84.5 Å². The highest BCUT2D eigenvalue weighted by Gasteiger charge is 2.22. The fourth-order valence-corrected chi connectivity index (χ4v) is 2.19. The van der Waals surface area contributed by atoms with Gasteiger partial charge in [-0.2, -0.15) is 0 Å². The second kappa shape index (κ2) is 3.59. The van der Waals surface area contributed by atoms with Crippen LogP contribution in [0, 0.1) is 12.8 Å². The first-order chi connectivity index (χ1) is 6.68. The number of nitrogens with two attached hydrogens (primary N) is 1. The third kappa shape index (κ3) is 1.61. The van der Waals surface area contributed by atoms with Crippen molar-refractivity contribution >= 4 is 5.82 Å². The Morgan fingerprint density at radius 3 is 2.43 bits per heavy atom. The molecule has 0 aromatic carbocycles. The Kier molecular flexibility index (Phi) is 2.44. The van der Waals surface area contributed by atoms with E-state index in [4.69, 9.17) is 5.73 Å². The molecular formula is C10H18N4. The van der Waals surface area contributed by atoms with Crippen LogP contribution in [-0.2, 0) is 0 Å². The first-order valence-corrected chi connectivity index (χ1v) is 5.35. The van der Waals surface area contributed by atoms with Crippen LogP contribution in [-0.4, -0.2) is 15.0 Å². The van der Waals surface area contributed by atoms with Crippen molar-refractivity contribution in [3.05, 3.63) is 5.69 Å². The van der Waals surface area contributed by atoms with Crippen LogP contribution in [0.25, 0.3) is 0 Å². The van der Waals surface area contributed by atoms with E-state index in [1.54, 1.807) is 0 Å². The van der Waals surface area contributed by atoms with E-state index in [2.05, 4.69) is 17.2 Å². The van der Waals surface area contributed by atoms with Gasteiger partial charge < -0.3 is 5.73 Å². The second-order valence-electron chi connectivity index (χ2n) is 4.42. The Hall–Kier alpha value is -1.06. The maximum Gasteiger partial charge on any atom is 0.168 e.